The van der Waals surface area contributed by atoms with Gasteiger partial charge in [0.1, 0.15) is 5.00 Å². The maximum atomic E-state index is 12.4. The second kappa shape index (κ2) is 8.01. The van der Waals surface area contributed by atoms with Crippen LogP contribution in [-0.4, -0.2) is 47.3 Å². The summed E-state index contributed by atoms with van der Waals surface area (Å²) in [5.41, 5.74) is 2.63. The topological polar surface area (TPSA) is 76.5 Å². The van der Waals surface area contributed by atoms with Crippen LogP contribution in [0.4, 0.5) is 5.00 Å². The van der Waals surface area contributed by atoms with Gasteiger partial charge in [-0.2, -0.15) is 5.10 Å². The van der Waals surface area contributed by atoms with Crippen LogP contribution in [0.25, 0.3) is 0 Å². The molecule has 0 fully saturated rings. The number of aromatic nitrogens is 2. The van der Waals surface area contributed by atoms with E-state index in [0.717, 1.165) is 36.9 Å². The lowest BCUT2D eigenvalue weighted by Crippen LogP contribution is -2.30. The lowest BCUT2D eigenvalue weighted by molar-refractivity contribution is -0.117. The molecule has 0 bridgehead atoms. The predicted octanol–water partition coefficient (Wildman–Crippen LogP) is 2.31. The third-order valence-electron chi connectivity index (χ3n) is 4.44. The summed E-state index contributed by atoms with van der Waals surface area (Å²) >= 11 is 1.49. The molecule has 1 aliphatic rings. The molecule has 0 radical (unpaired) electrons. The first-order valence-electron chi connectivity index (χ1n) is 8.74. The fourth-order valence-electron chi connectivity index (χ4n) is 3.25. The minimum absolute atomic E-state index is 0.138. The number of hydrogen-bond donors (Lipinski definition) is 1. The molecule has 0 saturated heterocycles. The zero-order chi connectivity index (χ0) is 18.7. The molecule has 1 aliphatic carbocycles. The first kappa shape index (κ1) is 18.6. The van der Waals surface area contributed by atoms with Crippen molar-refractivity contribution in [2.24, 2.45) is 0 Å². The van der Waals surface area contributed by atoms with Crippen LogP contribution in [0, 0.1) is 0 Å². The maximum Gasteiger partial charge on any atom is 0.341 e. The van der Waals surface area contributed by atoms with Gasteiger partial charge in [0.15, 0.2) is 0 Å². The second-order valence-corrected chi connectivity index (χ2v) is 7.58. The molecule has 0 aromatic carbocycles. The monoisotopic (exact) mass is 376 g/mol. The number of ether oxygens (including phenoxy) is 1. The molecule has 0 unspecified atom stereocenters. The number of fused-ring (bicyclic) bond motifs is 1. The summed E-state index contributed by atoms with van der Waals surface area (Å²) in [6, 6.07) is 0. The molecule has 0 atom stereocenters. The summed E-state index contributed by atoms with van der Waals surface area (Å²) in [5.74, 6) is -0.513. The van der Waals surface area contributed by atoms with Crippen LogP contribution in [0.15, 0.2) is 12.4 Å². The highest BCUT2D eigenvalue weighted by Gasteiger charge is 2.28. The minimum Gasteiger partial charge on any atom is -0.465 e. The van der Waals surface area contributed by atoms with Gasteiger partial charge in [0.2, 0.25) is 5.91 Å². The molecular formula is C18H24N4O3S. The normalized spacial score (nSPS) is 13.1. The van der Waals surface area contributed by atoms with Crippen LogP contribution in [0.3, 0.4) is 0 Å². The number of likely N-dealkylation sites (N-methyl/N-ethyl adjacent to an activating group) is 1. The number of hydrogen-bond acceptors (Lipinski definition) is 6. The van der Waals surface area contributed by atoms with E-state index in [9.17, 15) is 9.59 Å². The van der Waals surface area contributed by atoms with E-state index in [-0.39, 0.29) is 18.4 Å². The predicted molar refractivity (Wildman–Crippen MR) is 101 cm³/mol. The molecule has 7 nitrogen and oxygen atoms in total. The van der Waals surface area contributed by atoms with Gasteiger partial charge in [-0.15, -0.1) is 11.3 Å². The zero-order valence-electron chi connectivity index (χ0n) is 15.4. The summed E-state index contributed by atoms with van der Waals surface area (Å²) in [6.45, 7) is 3.73. The van der Waals surface area contributed by atoms with Crippen LogP contribution in [0.1, 0.15) is 39.7 Å². The van der Waals surface area contributed by atoms with Gasteiger partial charge in [-0.25, -0.2) is 4.79 Å². The number of nitrogens with one attached hydrogen (secondary N) is 1. The van der Waals surface area contributed by atoms with Gasteiger partial charge in [-0.3, -0.25) is 14.4 Å². The lowest BCUT2D eigenvalue weighted by Gasteiger charge is -2.15. The van der Waals surface area contributed by atoms with Gasteiger partial charge in [0.05, 0.1) is 25.4 Å². The van der Waals surface area contributed by atoms with Crippen molar-refractivity contribution < 1.29 is 14.3 Å². The van der Waals surface area contributed by atoms with Crippen molar-refractivity contribution in [1.82, 2.24) is 14.7 Å². The number of methoxy groups -OCH3 is 1. The Balaban J connectivity index is 1.63. The Labute approximate surface area is 156 Å². The minimum atomic E-state index is -0.375. The number of aryl methyl sites for hydroxylation is 2. The van der Waals surface area contributed by atoms with Crippen molar-refractivity contribution in [3.8, 4) is 0 Å². The van der Waals surface area contributed by atoms with Gasteiger partial charge in [-0.05, 0) is 38.8 Å². The van der Waals surface area contributed by atoms with Crippen molar-refractivity contribution in [3.05, 3.63) is 34.0 Å². The number of carbonyl (C=O) groups excluding carboxylic acids is 2. The molecule has 8 heteroatoms. The van der Waals surface area contributed by atoms with Crippen molar-refractivity contribution in [2.45, 2.75) is 39.3 Å². The van der Waals surface area contributed by atoms with E-state index in [1.165, 1.54) is 23.3 Å². The van der Waals surface area contributed by atoms with E-state index in [0.29, 0.717) is 17.1 Å². The third kappa shape index (κ3) is 3.96. The van der Waals surface area contributed by atoms with Gasteiger partial charge < -0.3 is 10.1 Å². The van der Waals surface area contributed by atoms with E-state index in [1.54, 1.807) is 0 Å². The van der Waals surface area contributed by atoms with Gasteiger partial charge in [0.25, 0.3) is 0 Å². The molecule has 3 rings (SSSR count). The highest BCUT2D eigenvalue weighted by molar-refractivity contribution is 7.17. The highest BCUT2D eigenvalue weighted by Crippen LogP contribution is 2.39. The Morgan fingerprint density at radius 2 is 2.23 bits per heavy atom. The van der Waals surface area contributed by atoms with E-state index in [4.69, 9.17) is 4.74 Å². The van der Waals surface area contributed by atoms with E-state index in [2.05, 4.69) is 10.4 Å². The Kier molecular flexibility index (Phi) is 5.73. The van der Waals surface area contributed by atoms with Crippen LogP contribution in [0.2, 0.25) is 0 Å². The Bertz CT molecular complexity index is 811. The summed E-state index contributed by atoms with van der Waals surface area (Å²) in [6.07, 6.45) is 6.67. The average molecular weight is 376 g/mol. The van der Waals surface area contributed by atoms with Gasteiger partial charge in [0, 0.05) is 29.7 Å². The number of anilines is 1. The van der Waals surface area contributed by atoms with Crippen LogP contribution in [0.5, 0.6) is 0 Å². The van der Waals surface area contributed by atoms with E-state index < -0.39 is 0 Å². The van der Waals surface area contributed by atoms with Crippen molar-refractivity contribution >= 4 is 28.2 Å². The van der Waals surface area contributed by atoms with Crippen LogP contribution in [-0.2, 0) is 35.5 Å². The van der Waals surface area contributed by atoms with Crippen molar-refractivity contribution in [2.75, 3.05) is 26.0 Å². The SMILES string of the molecule is CCn1cc(CN(C)CC(=O)Nc2sc3c(c2C(=O)OC)CCC3)cn1. The van der Waals surface area contributed by atoms with Gasteiger partial charge >= 0.3 is 5.97 Å². The molecule has 2 aromatic rings. The maximum absolute atomic E-state index is 12.4. The summed E-state index contributed by atoms with van der Waals surface area (Å²) in [4.78, 5) is 27.7. The van der Waals surface area contributed by atoms with Crippen LogP contribution >= 0.6 is 11.3 Å². The Morgan fingerprint density at radius 1 is 1.42 bits per heavy atom. The van der Waals surface area contributed by atoms with Crippen molar-refractivity contribution in [3.63, 3.8) is 0 Å². The Morgan fingerprint density at radius 3 is 2.92 bits per heavy atom. The first-order chi connectivity index (χ1) is 12.5. The number of rotatable bonds is 7. The quantitative estimate of drug-likeness (QED) is 0.751. The molecular weight excluding hydrogens is 352 g/mol. The standard InChI is InChI=1S/C18H24N4O3S/c1-4-22-10-12(8-19-22)9-21(2)11-15(23)20-17-16(18(24)25-3)13-6-5-7-14(13)26-17/h8,10H,4-7,9,11H2,1-3H3,(H,20,23). The second-order valence-electron chi connectivity index (χ2n) is 6.48. The van der Waals surface area contributed by atoms with Crippen molar-refractivity contribution in [1.29, 1.82) is 0 Å². The molecule has 1 amide bonds. The lowest BCUT2D eigenvalue weighted by atomic mass is 10.1. The molecule has 0 aliphatic heterocycles. The zero-order valence-corrected chi connectivity index (χ0v) is 16.2. The molecule has 26 heavy (non-hydrogen) atoms. The molecule has 2 heterocycles. The molecule has 0 spiro atoms. The molecule has 0 saturated carbocycles. The number of thiophene rings is 1. The number of esters is 1. The third-order valence-corrected chi connectivity index (χ3v) is 5.65. The highest BCUT2D eigenvalue weighted by atomic mass is 32.1. The fraction of sp³-hybridized carbons (Fsp3) is 0.500. The summed E-state index contributed by atoms with van der Waals surface area (Å²) in [7, 11) is 3.26. The van der Waals surface area contributed by atoms with Crippen LogP contribution < -0.4 is 5.32 Å². The smallest absolute Gasteiger partial charge is 0.341 e. The number of amides is 1. The fourth-order valence-corrected chi connectivity index (χ4v) is 4.54. The largest absolute Gasteiger partial charge is 0.465 e. The molecule has 140 valence electrons. The summed E-state index contributed by atoms with van der Waals surface area (Å²) in [5, 5.41) is 7.76. The average Bonchev–Trinajstić information content (AvgIpc) is 3.29. The van der Waals surface area contributed by atoms with Gasteiger partial charge in [-0.1, -0.05) is 0 Å². The molecule has 2 aromatic heterocycles. The van der Waals surface area contributed by atoms with E-state index >= 15 is 0 Å². The summed E-state index contributed by atoms with van der Waals surface area (Å²) < 4.78 is 6.77. The molecule has 1 N–H and O–H groups in total. The van der Waals surface area contributed by atoms with E-state index in [1.807, 2.05) is 35.9 Å². The first-order valence-corrected chi connectivity index (χ1v) is 9.56. The Hall–Kier alpha value is -2.19. The number of carbonyl (C=O) groups is 2. The number of nitrogens with zero attached hydrogens (tertiary/aromatic N) is 3.